The fourth-order valence-corrected chi connectivity index (χ4v) is 3.25. The highest BCUT2D eigenvalue weighted by atomic mass is 32.2. The van der Waals surface area contributed by atoms with Gasteiger partial charge in [-0.3, -0.25) is 4.79 Å². The lowest BCUT2D eigenvalue weighted by molar-refractivity contribution is -0.116. The summed E-state index contributed by atoms with van der Waals surface area (Å²) < 4.78 is 34.7. The quantitative estimate of drug-likeness (QED) is 0.830. The molecular formula is C12H14O5S. The van der Waals surface area contributed by atoms with E-state index in [2.05, 4.69) is 0 Å². The third-order valence-electron chi connectivity index (χ3n) is 2.78. The summed E-state index contributed by atoms with van der Waals surface area (Å²) in [6.07, 6.45) is 0.0107. The Bertz CT molecular complexity index is 576. The number of sulfone groups is 1. The van der Waals surface area contributed by atoms with Crippen LogP contribution in [-0.4, -0.2) is 26.2 Å². The normalized spacial score (nSPS) is 15.4. The number of Topliss-reactive ketones (excluding diaryl/α,β-unsaturated/α-hetero) is 1. The van der Waals surface area contributed by atoms with E-state index in [0.717, 1.165) is 0 Å². The van der Waals surface area contributed by atoms with Gasteiger partial charge in [-0.2, -0.15) is 0 Å². The molecule has 0 aliphatic carbocycles. The van der Waals surface area contributed by atoms with Crippen LogP contribution < -0.4 is 9.47 Å². The summed E-state index contributed by atoms with van der Waals surface area (Å²) in [4.78, 5) is 11.2. The standard InChI is InChI=1S/C12H14O5S/c1-8(13)5-9(2)18(14,15)10-3-4-11-12(6-10)17-7-16-11/h3-4,6,9H,5,7H2,1-2H3. The summed E-state index contributed by atoms with van der Waals surface area (Å²) >= 11 is 0. The fraction of sp³-hybridized carbons (Fsp3) is 0.417. The van der Waals surface area contributed by atoms with Crippen molar-refractivity contribution in [1.29, 1.82) is 0 Å². The molecule has 1 unspecified atom stereocenters. The van der Waals surface area contributed by atoms with E-state index in [1.807, 2.05) is 0 Å². The Labute approximate surface area is 106 Å². The van der Waals surface area contributed by atoms with Gasteiger partial charge in [0.05, 0.1) is 10.1 Å². The first kappa shape index (κ1) is 12.9. The number of rotatable bonds is 4. The van der Waals surface area contributed by atoms with Gasteiger partial charge < -0.3 is 9.47 Å². The summed E-state index contributed by atoms with van der Waals surface area (Å²) in [7, 11) is -3.51. The van der Waals surface area contributed by atoms with E-state index in [1.165, 1.54) is 26.0 Å². The van der Waals surface area contributed by atoms with Crippen LogP contribution in [0.5, 0.6) is 11.5 Å². The highest BCUT2D eigenvalue weighted by Gasteiger charge is 2.26. The SMILES string of the molecule is CC(=O)CC(C)S(=O)(=O)c1ccc2c(c1)OCO2. The molecule has 98 valence electrons. The topological polar surface area (TPSA) is 69.7 Å². The molecule has 0 radical (unpaired) electrons. The predicted octanol–water partition coefficient (Wildman–Crippen LogP) is 1.56. The van der Waals surface area contributed by atoms with Gasteiger partial charge in [0.2, 0.25) is 6.79 Å². The number of hydrogen-bond donors (Lipinski definition) is 0. The minimum absolute atomic E-state index is 0.0107. The Balaban J connectivity index is 2.33. The van der Waals surface area contributed by atoms with Crippen molar-refractivity contribution in [3.05, 3.63) is 18.2 Å². The number of fused-ring (bicyclic) bond motifs is 1. The van der Waals surface area contributed by atoms with Crippen molar-refractivity contribution in [1.82, 2.24) is 0 Å². The van der Waals surface area contributed by atoms with E-state index >= 15 is 0 Å². The Morgan fingerprint density at radius 3 is 2.67 bits per heavy atom. The van der Waals surface area contributed by atoms with Gasteiger partial charge in [-0.1, -0.05) is 0 Å². The summed E-state index contributed by atoms with van der Waals surface area (Å²) in [6, 6.07) is 4.48. The Morgan fingerprint density at radius 2 is 2.00 bits per heavy atom. The average Bonchev–Trinajstić information content (AvgIpc) is 2.74. The van der Waals surface area contributed by atoms with Crippen LogP contribution in [0.4, 0.5) is 0 Å². The van der Waals surface area contributed by atoms with Crippen LogP contribution in [0, 0.1) is 0 Å². The van der Waals surface area contributed by atoms with Gasteiger partial charge in [0, 0.05) is 12.5 Å². The lowest BCUT2D eigenvalue weighted by Gasteiger charge is -2.11. The first-order valence-corrected chi connectivity index (χ1v) is 7.09. The molecule has 1 aliphatic rings. The fourth-order valence-electron chi connectivity index (χ4n) is 1.80. The molecule has 0 aromatic heterocycles. The van der Waals surface area contributed by atoms with Crippen molar-refractivity contribution in [3.8, 4) is 11.5 Å². The number of carbonyl (C=O) groups excluding carboxylic acids is 1. The molecule has 0 N–H and O–H groups in total. The molecule has 5 nitrogen and oxygen atoms in total. The van der Waals surface area contributed by atoms with Gasteiger partial charge in [0.1, 0.15) is 5.78 Å². The van der Waals surface area contributed by atoms with E-state index in [1.54, 1.807) is 6.07 Å². The zero-order valence-corrected chi connectivity index (χ0v) is 11.0. The number of ketones is 1. The molecule has 18 heavy (non-hydrogen) atoms. The van der Waals surface area contributed by atoms with Crippen LogP contribution in [0.25, 0.3) is 0 Å². The van der Waals surface area contributed by atoms with E-state index in [9.17, 15) is 13.2 Å². The smallest absolute Gasteiger partial charge is 0.231 e. The third-order valence-corrected chi connectivity index (χ3v) is 4.91. The maximum atomic E-state index is 12.2. The summed E-state index contributed by atoms with van der Waals surface area (Å²) in [5, 5.41) is -0.740. The maximum Gasteiger partial charge on any atom is 0.231 e. The second kappa shape index (κ2) is 4.61. The van der Waals surface area contributed by atoms with Gasteiger partial charge in [0.15, 0.2) is 21.3 Å². The van der Waals surface area contributed by atoms with Crippen molar-refractivity contribution in [2.45, 2.75) is 30.4 Å². The molecule has 6 heteroatoms. The highest BCUT2D eigenvalue weighted by molar-refractivity contribution is 7.92. The van der Waals surface area contributed by atoms with Crippen LogP contribution in [0.3, 0.4) is 0 Å². The van der Waals surface area contributed by atoms with Crippen LogP contribution in [-0.2, 0) is 14.6 Å². The highest BCUT2D eigenvalue weighted by Crippen LogP contribution is 2.34. The van der Waals surface area contributed by atoms with Crippen LogP contribution in [0.2, 0.25) is 0 Å². The van der Waals surface area contributed by atoms with Gasteiger partial charge >= 0.3 is 0 Å². The second-order valence-corrected chi connectivity index (χ2v) is 6.64. The Hall–Kier alpha value is -1.56. The molecule has 1 atom stereocenters. The Morgan fingerprint density at radius 1 is 1.33 bits per heavy atom. The molecule has 0 saturated heterocycles. The number of hydrogen-bond acceptors (Lipinski definition) is 5. The summed E-state index contributed by atoms with van der Waals surface area (Å²) in [5.74, 6) is 0.811. The molecule has 0 amide bonds. The summed E-state index contributed by atoms with van der Waals surface area (Å²) in [5.41, 5.74) is 0. The monoisotopic (exact) mass is 270 g/mol. The van der Waals surface area contributed by atoms with E-state index < -0.39 is 15.1 Å². The Kier molecular flexibility index (Phi) is 3.30. The molecule has 1 aromatic carbocycles. The predicted molar refractivity (Wildman–Crippen MR) is 64.5 cm³/mol. The van der Waals surface area contributed by atoms with Crippen molar-refractivity contribution in [2.75, 3.05) is 6.79 Å². The largest absolute Gasteiger partial charge is 0.454 e. The number of carbonyl (C=O) groups is 1. The van der Waals surface area contributed by atoms with E-state index in [4.69, 9.17) is 9.47 Å². The second-order valence-electron chi connectivity index (χ2n) is 4.28. The molecule has 1 aromatic rings. The first-order valence-electron chi connectivity index (χ1n) is 5.54. The zero-order chi connectivity index (χ0) is 13.3. The van der Waals surface area contributed by atoms with Crippen LogP contribution in [0.1, 0.15) is 20.3 Å². The lowest BCUT2D eigenvalue weighted by Crippen LogP contribution is -2.20. The van der Waals surface area contributed by atoms with Crippen LogP contribution >= 0.6 is 0 Å². The van der Waals surface area contributed by atoms with Crippen molar-refractivity contribution >= 4 is 15.6 Å². The molecule has 0 spiro atoms. The van der Waals surface area contributed by atoms with Crippen molar-refractivity contribution in [3.63, 3.8) is 0 Å². The molecule has 1 heterocycles. The van der Waals surface area contributed by atoms with E-state index in [-0.39, 0.29) is 23.9 Å². The van der Waals surface area contributed by atoms with Crippen molar-refractivity contribution in [2.24, 2.45) is 0 Å². The molecule has 0 saturated carbocycles. The minimum atomic E-state index is -3.51. The third kappa shape index (κ3) is 2.33. The van der Waals surface area contributed by atoms with Gasteiger partial charge in [0.25, 0.3) is 0 Å². The molecule has 2 rings (SSSR count). The average molecular weight is 270 g/mol. The lowest BCUT2D eigenvalue weighted by atomic mass is 10.2. The van der Waals surface area contributed by atoms with Crippen LogP contribution in [0.15, 0.2) is 23.1 Å². The number of benzene rings is 1. The molecular weight excluding hydrogens is 256 g/mol. The van der Waals surface area contributed by atoms with Gasteiger partial charge in [-0.25, -0.2) is 8.42 Å². The molecule has 0 fully saturated rings. The van der Waals surface area contributed by atoms with Crippen molar-refractivity contribution < 1.29 is 22.7 Å². The van der Waals surface area contributed by atoms with Gasteiger partial charge in [-0.15, -0.1) is 0 Å². The van der Waals surface area contributed by atoms with E-state index in [0.29, 0.717) is 11.5 Å². The number of ether oxygens (including phenoxy) is 2. The zero-order valence-electron chi connectivity index (χ0n) is 10.2. The molecule has 0 bridgehead atoms. The summed E-state index contributed by atoms with van der Waals surface area (Å²) in [6.45, 7) is 3.01. The van der Waals surface area contributed by atoms with Gasteiger partial charge in [-0.05, 0) is 26.0 Å². The maximum absolute atomic E-state index is 12.2. The molecule has 1 aliphatic heterocycles. The minimum Gasteiger partial charge on any atom is -0.454 e. The first-order chi connectivity index (χ1) is 8.41.